The molecular formula is C21H25N3O4S. The van der Waals surface area contributed by atoms with Crippen molar-refractivity contribution in [1.82, 2.24) is 14.2 Å². The Morgan fingerprint density at radius 2 is 1.97 bits per heavy atom. The van der Waals surface area contributed by atoms with Crippen LogP contribution in [0.25, 0.3) is 11.1 Å². The van der Waals surface area contributed by atoms with Gasteiger partial charge < -0.3 is 9.32 Å². The molecule has 1 atom stereocenters. The van der Waals surface area contributed by atoms with Gasteiger partial charge in [0.25, 0.3) is 0 Å². The summed E-state index contributed by atoms with van der Waals surface area (Å²) in [7, 11) is -2.07. The van der Waals surface area contributed by atoms with Gasteiger partial charge in [-0.25, -0.2) is 17.9 Å². The van der Waals surface area contributed by atoms with E-state index >= 15 is 0 Å². The minimum atomic E-state index is -3.66. The van der Waals surface area contributed by atoms with Gasteiger partial charge in [-0.3, -0.25) is 4.57 Å². The van der Waals surface area contributed by atoms with Gasteiger partial charge in [0.05, 0.1) is 10.4 Å². The lowest BCUT2D eigenvalue weighted by Crippen LogP contribution is -2.31. The maximum atomic E-state index is 12.7. The van der Waals surface area contributed by atoms with Crippen LogP contribution in [0.5, 0.6) is 0 Å². The molecule has 1 aliphatic heterocycles. The van der Waals surface area contributed by atoms with Crippen LogP contribution in [-0.2, 0) is 23.5 Å². The van der Waals surface area contributed by atoms with Crippen molar-refractivity contribution >= 4 is 21.1 Å². The van der Waals surface area contributed by atoms with E-state index in [0.717, 1.165) is 32.5 Å². The zero-order valence-corrected chi connectivity index (χ0v) is 17.2. The summed E-state index contributed by atoms with van der Waals surface area (Å²) in [6, 6.07) is 14.9. The normalized spacial score (nSPS) is 17.9. The predicted octanol–water partition coefficient (Wildman–Crippen LogP) is 1.97. The van der Waals surface area contributed by atoms with Crippen molar-refractivity contribution in [3.8, 4) is 0 Å². The van der Waals surface area contributed by atoms with E-state index < -0.39 is 15.8 Å². The molecule has 1 unspecified atom stereocenters. The number of sulfonamides is 1. The third-order valence-electron chi connectivity index (χ3n) is 5.57. The molecule has 1 N–H and O–H groups in total. The molecule has 3 aromatic rings. The summed E-state index contributed by atoms with van der Waals surface area (Å²) in [6.07, 6.45) is 1.98. The highest BCUT2D eigenvalue weighted by molar-refractivity contribution is 7.89. The molecule has 8 heteroatoms. The molecule has 4 rings (SSSR count). The molecule has 1 aromatic heterocycles. The zero-order chi connectivity index (χ0) is 20.4. The predicted molar refractivity (Wildman–Crippen MR) is 111 cm³/mol. The van der Waals surface area contributed by atoms with Gasteiger partial charge in [-0.15, -0.1) is 0 Å². The van der Waals surface area contributed by atoms with Crippen molar-refractivity contribution in [2.45, 2.75) is 17.7 Å². The summed E-state index contributed by atoms with van der Waals surface area (Å²) in [5.41, 5.74) is 2.16. The summed E-state index contributed by atoms with van der Waals surface area (Å²) in [6.45, 7) is 3.26. The standard InChI is InChI=1S/C21H25N3O4S/c1-23-19-8-7-18(13-20(19)28-21(23)25)29(26,27)22-14-17-10-12-24(15-17)11-9-16-5-3-2-4-6-16/h2-8,13,17,22H,9-12,14-15H2,1H3. The number of nitrogens with one attached hydrogen (secondary N) is 1. The first-order valence-electron chi connectivity index (χ1n) is 9.78. The van der Waals surface area contributed by atoms with Crippen LogP contribution >= 0.6 is 0 Å². The van der Waals surface area contributed by atoms with Crippen LogP contribution in [0.15, 0.2) is 62.6 Å². The zero-order valence-electron chi connectivity index (χ0n) is 16.4. The Bertz CT molecular complexity index is 1150. The number of nitrogens with zero attached hydrogens (tertiary/aromatic N) is 2. The minimum Gasteiger partial charge on any atom is -0.408 e. The molecule has 2 heterocycles. The van der Waals surface area contributed by atoms with E-state index in [4.69, 9.17) is 4.42 Å². The molecule has 0 radical (unpaired) electrons. The summed E-state index contributed by atoms with van der Waals surface area (Å²) < 4.78 is 34.5. The number of rotatable bonds is 7. The van der Waals surface area contributed by atoms with Crippen LogP contribution < -0.4 is 10.5 Å². The molecule has 29 heavy (non-hydrogen) atoms. The molecule has 2 aromatic carbocycles. The van der Waals surface area contributed by atoms with Crippen LogP contribution in [0.3, 0.4) is 0 Å². The Hall–Kier alpha value is -2.42. The van der Waals surface area contributed by atoms with E-state index in [1.165, 1.54) is 22.3 Å². The Kier molecular flexibility index (Phi) is 5.58. The first-order chi connectivity index (χ1) is 13.9. The van der Waals surface area contributed by atoms with E-state index in [0.29, 0.717) is 18.0 Å². The molecule has 0 bridgehead atoms. The van der Waals surface area contributed by atoms with Crippen LogP contribution in [0, 0.1) is 5.92 Å². The number of benzene rings is 2. The smallest absolute Gasteiger partial charge is 0.408 e. The van der Waals surface area contributed by atoms with Crippen molar-refractivity contribution < 1.29 is 12.8 Å². The summed E-state index contributed by atoms with van der Waals surface area (Å²) >= 11 is 0. The fourth-order valence-electron chi connectivity index (χ4n) is 3.81. The van der Waals surface area contributed by atoms with Crippen molar-refractivity contribution in [3.63, 3.8) is 0 Å². The number of aromatic nitrogens is 1. The van der Waals surface area contributed by atoms with Crippen molar-refractivity contribution in [2.24, 2.45) is 13.0 Å². The van der Waals surface area contributed by atoms with Crippen LogP contribution in [0.2, 0.25) is 0 Å². The molecular weight excluding hydrogens is 390 g/mol. The van der Waals surface area contributed by atoms with E-state index in [2.05, 4.69) is 33.9 Å². The Morgan fingerprint density at radius 3 is 2.76 bits per heavy atom. The van der Waals surface area contributed by atoms with Crippen molar-refractivity contribution in [3.05, 3.63) is 64.6 Å². The van der Waals surface area contributed by atoms with E-state index in [-0.39, 0.29) is 10.5 Å². The second-order valence-corrected chi connectivity index (χ2v) is 9.37. The van der Waals surface area contributed by atoms with Crippen molar-refractivity contribution in [2.75, 3.05) is 26.2 Å². The highest BCUT2D eigenvalue weighted by Crippen LogP contribution is 2.20. The molecule has 0 amide bonds. The maximum Gasteiger partial charge on any atom is 0.419 e. The van der Waals surface area contributed by atoms with Gasteiger partial charge >= 0.3 is 5.76 Å². The molecule has 1 fully saturated rings. The van der Waals surface area contributed by atoms with Crippen LogP contribution in [-0.4, -0.2) is 44.1 Å². The largest absolute Gasteiger partial charge is 0.419 e. The number of likely N-dealkylation sites (tertiary alicyclic amines) is 1. The quantitative estimate of drug-likeness (QED) is 0.638. The van der Waals surface area contributed by atoms with Gasteiger partial charge in [-0.2, -0.15) is 0 Å². The van der Waals surface area contributed by atoms with Gasteiger partial charge in [0.1, 0.15) is 0 Å². The maximum absolute atomic E-state index is 12.7. The lowest BCUT2D eigenvalue weighted by atomic mass is 10.1. The van der Waals surface area contributed by atoms with Gasteiger partial charge in [0, 0.05) is 32.7 Å². The van der Waals surface area contributed by atoms with E-state index in [1.807, 2.05) is 6.07 Å². The van der Waals surface area contributed by atoms with Gasteiger partial charge in [-0.05, 0) is 43.0 Å². The van der Waals surface area contributed by atoms with Gasteiger partial charge in [0.15, 0.2) is 5.58 Å². The topological polar surface area (TPSA) is 84.5 Å². The summed E-state index contributed by atoms with van der Waals surface area (Å²) in [5.74, 6) is -0.219. The van der Waals surface area contributed by atoms with E-state index in [9.17, 15) is 13.2 Å². The third kappa shape index (κ3) is 4.44. The van der Waals surface area contributed by atoms with Crippen LogP contribution in [0.4, 0.5) is 0 Å². The lowest BCUT2D eigenvalue weighted by molar-refractivity contribution is 0.328. The molecule has 7 nitrogen and oxygen atoms in total. The highest BCUT2D eigenvalue weighted by atomic mass is 32.2. The number of hydrogen-bond acceptors (Lipinski definition) is 5. The first-order valence-corrected chi connectivity index (χ1v) is 11.3. The fraction of sp³-hybridized carbons (Fsp3) is 0.381. The Morgan fingerprint density at radius 1 is 1.17 bits per heavy atom. The fourth-order valence-corrected chi connectivity index (χ4v) is 4.94. The average molecular weight is 416 g/mol. The van der Waals surface area contributed by atoms with Crippen molar-refractivity contribution in [1.29, 1.82) is 0 Å². The number of hydrogen-bond donors (Lipinski definition) is 1. The molecule has 154 valence electrons. The average Bonchev–Trinajstić information content (AvgIpc) is 3.30. The Balaban J connectivity index is 1.33. The third-order valence-corrected chi connectivity index (χ3v) is 6.99. The SMILES string of the molecule is Cn1c(=O)oc2cc(S(=O)(=O)NCC3CCN(CCc4ccccc4)C3)ccc21. The summed E-state index contributed by atoms with van der Waals surface area (Å²) in [4.78, 5) is 14.1. The summed E-state index contributed by atoms with van der Waals surface area (Å²) in [5, 5.41) is 0. The van der Waals surface area contributed by atoms with E-state index in [1.54, 1.807) is 13.1 Å². The number of aryl methyl sites for hydroxylation is 1. The van der Waals surface area contributed by atoms with Gasteiger partial charge in [0.2, 0.25) is 10.0 Å². The monoisotopic (exact) mass is 415 g/mol. The van der Waals surface area contributed by atoms with Crippen LogP contribution in [0.1, 0.15) is 12.0 Å². The second-order valence-electron chi connectivity index (χ2n) is 7.60. The highest BCUT2D eigenvalue weighted by Gasteiger charge is 2.24. The second kappa shape index (κ2) is 8.14. The lowest BCUT2D eigenvalue weighted by Gasteiger charge is -2.16. The molecule has 1 saturated heterocycles. The van der Waals surface area contributed by atoms with Gasteiger partial charge in [-0.1, -0.05) is 30.3 Å². The molecule has 0 aliphatic carbocycles. The first kappa shape index (κ1) is 19.9. The molecule has 0 spiro atoms. The number of oxazole rings is 1. The minimum absolute atomic E-state index is 0.110. The molecule has 1 aliphatic rings. The molecule has 0 saturated carbocycles. The number of fused-ring (bicyclic) bond motifs is 1. The Labute approximate surface area is 170 Å².